The summed E-state index contributed by atoms with van der Waals surface area (Å²) in [7, 11) is 1.89. The summed E-state index contributed by atoms with van der Waals surface area (Å²) in [6.07, 6.45) is 5.55. The number of hydrogen-bond donors (Lipinski definition) is 1. The lowest BCUT2D eigenvalue weighted by Gasteiger charge is -2.05. The van der Waals surface area contributed by atoms with Crippen LogP contribution in [-0.2, 0) is 6.54 Å². The fourth-order valence-corrected chi connectivity index (χ4v) is 1.51. The number of nitrogens with zero attached hydrogens (tertiary/aromatic N) is 3. The molecule has 0 aliphatic heterocycles. The van der Waals surface area contributed by atoms with E-state index in [1.54, 1.807) is 12.4 Å². The minimum absolute atomic E-state index is 0.897. The van der Waals surface area contributed by atoms with Gasteiger partial charge in [0.1, 0.15) is 5.69 Å². The minimum Gasteiger partial charge on any atom is -0.388 e. The van der Waals surface area contributed by atoms with Crippen molar-refractivity contribution in [1.29, 1.82) is 0 Å². The van der Waals surface area contributed by atoms with E-state index in [-0.39, 0.29) is 0 Å². The average molecular weight is 202 g/mol. The van der Waals surface area contributed by atoms with Crippen LogP contribution in [0.4, 0.5) is 5.69 Å². The van der Waals surface area contributed by atoms with Crippen molar-refractivity contribution in [2.24, 2.45) is 0 Å². The summed E-state index contributed by atoms with van der Waals surface area (Å²) in [6, 6.07) is 3.93. The summed E-state index contributed by atoms with van der Waals surface area (Å²) in [6.45, 7) is 2.99. The molecule has 15 heavy (non-hydrogen) atoms. The normalized spacial score (nSPS) is 10.3. The molecule has 0 aliphatic rings. The number of nitrogens with one attached hydrogen (secondary N) is 1. The molecule has 4 heteroatoms. The molecule has 0 aromatic carbocycles. The van der Waals surface area contributed by atoms with Crippen molar-refractivity contribution in [3.63, 3.8) is 0 Å². The van der Waals surface area contributed by atoms with Gasteiger partial charge in [-0.05, 0) is 19.1 Å². The summed E-state index contributed by atoms with van der Waals surface area (Å²) in [5.74, 6) is 0.912. The lowest BCUT2D eigenvalue weighted by molar-refractivity contribution is 0.768. The summed E-state index contributed by atoms with van der Waals surface area (Å²) in [5.41, 5.74) is 1.94. The van der Waals surface area contributed by atoms with Crippen LogP contribution in [0.25, 0.3) is 11.5 Å². The third-order valence-electron chi connectivity index (χ3n) is 2.33. The van der Waals surface area contributed by atoms with E-state index in [4.69, 9.17) is 0 Å². The van der Waals surface area contributed by atoms with Crippen molar-refractivity contribution >= 4 is 5.69 Å². The Morgan fingerprint density at radius 1 is 1.33 bits per heavy atom. The van der Waals surface area contributed by atoms with Gasteiger partial charge in [-0.15, -0.1) is 0 Å². The topological polar surface area (TPSA) is 42.7 Å². The SMILES string of the molecule is CCn1ccnc1-c1cc(NC)ccn1. The molecule has 0 aliphatic carbocycles. The van der Waals surface area contributed by atoms with Gasteiger partial charge in [0.2, 0.25) is 0 Å². The summed E-state index contributed by atoms with van der Waals surface area (Å²) >= 11 is 0. The molecule has 0 saturated carbocycles. The lowest BCUT2D eigenvalue weighted by Crippen LogP contribution is -1.98. The van der Waals surface area contributed by atoms with E-state index in [2.05, 4.69) is 26.8 Å². The standard InChI is InChI=1S/C11H14N4/c1-3-15-7-6-14-11(15)10-8-9(12-2)4-5-13-10/h4-8H,3H2,1-2H3,(H,12,13). The van der Waals surface area contributed by atoms with Gasteiger partial charge in [0, 0.05) is 37.9 Å². The Hall–Kier alpha value is -1.84. The number of aryl methyl sites for hydroxylation is 1. The maximum absolute atomic E-state index is 4.32. The first-order valence-electron chi connectivity index (χ1n) is 5.00. The fraction of sp³-hybridized carbons (Fsp3) is 0.273. The van der Waals surface area contributed by atoms with Crippen LogP contribution >= 0.6 is 0 Å². The third-order valence-corrected chi connectivity index (χ3v) is 2.33. The van der Waals surface area contributed by atoms with Gasteiger partial charge in [-0.2, -0.15) is 0 Å². The van der Waals surface area contributed by atoms with Gasteiger partial charge in [0.15, 0.2) is 5.82 Å². The highest BCUT2D eigenvalue weighted by Gasteiger charge is 2.05. The molecule has 78 valence electrons. The highest BCUT2D eigenvalue weighted by molar-refractivity contribution is 5.57. The van der Waals surface area contributed by atoms with E-state index in [1.165, 1.54) is 0 Å². The Kier molecular flexibility index (Phi) is 2.67. The van der Waals surface area contributed by atoms with E-state index in [1.807, 2.05) is 25.4 Å². The zero-order valence-corrected chi connectivity index (χ0v) is 8.94. The van der Waals surface area contributed by atoms with Gasteiger partial charge in [-0.25, -0.2) is 4.98 Å². The lowest BCUT2D eigenvalue weighted by atomic mass is 10.3. The van der Waals surface area contributed by atoms with Crippen LogP contribution in [0.15, 0.2) is 30.7 Å². The minimum atomic E-state index is 0.897. The van der Waals surface area contributed by atoms with Crippen LogP contribution in [0.5, 0.6) is 0 Å². The van der Waals surface area contributed by atoms with Crippen molar-refractivity contribution < 1.29 is 0 Å². The predicted octanol–water partition coefficient (Wildman–Crippen LogP) is 2.01. The molecule has 2 heterocycles. The maximum Gasteiger partial charge on any atom is 0.158 e. The molecule has 0 unspecified atom stereocenters. The second kappa shape index (κ2) is 4.13. The maximum atomic E-state index is 4.32. The van der Waals surface area contributed by atoms with Crippen LogP contribution in [-0.4, -0.2) is 21.6 Å². The van der Waals surface area contributed by atoms with Gasteiger partial charge >= 0.3 is 0 Å². The highest BCUT2D eigenvalue weighted by atomic mass is 15.1. The quantitative estimate of drug-likeness (QED) is 0.827. The molecule has 1 N–H and O–H groups in total. The zero-order valence-electron chi connectivity index (χ0n) is 8.94. The van der Waals surface area contributed by atoms with Gasteiger partial charge < -0.3 is 9.88 Å². The van der Waals surface area contributed by atoms with Crippen molar-refractivity contribution in [3.8, 4) is 11.5 Å². The molecule has 4 nitrogen and oxygen atoms in total. The van der Waals surface area contributed by atoms with Gasteiger partial charge in [0.25, 0.3) is 0 Å². The molecule has 0 atom stereocenters. The Bertz CT molecular complexity index is 447. The predicted molar refractivity (Wildman–Crippen MR) is 60.7 cm³/mol. The monoisotopic (exact) mass is 202 g/mol. The molecule has 0 bridgehead atoms. The third kappa shape index (κ3) is 1.83. The number of imidazole rings is 1. The fourth-order valence-electron chi connectivity index (χ4n) is 1.51. The molecule has 0 amide bonds. The summed E-state index contributed by atoms with van der Waals surface area (Å²) in [5, 5.41) is 3.09. The van der Waals surface area contributed by atoms with Crippen molar-refractivity contribution in [2.45, 2.75) is 13.5 Å². The second-order valence-electron chi connectivity index (χ2n) is 3.22. The van der Waals surface area contributed by atoms with E-state index in [0.717, 1.165) is 23.8 Å². The molecule has 0 fully saturated rings. The molecule has 2 aromatic rings. The Morgan fingerprint density at radius 2 is 2.20 bits per heavy atom. The number of anilines is 1. The number of pyridine rings is 1. The van der Waals surface area contributed by atoms with Gasteiger partial charge in [-0.1, -0.05) is 0 Å². The zero-order chi connectivity index (χ0) is 10.7. The Labute approximate surface area is 89.0 Å². The Morgan fingerprint density at radius 3 is 2.93 bits per heavy atom. The van der Waals surface area contributed by atoms with E-state index in [0.29, 0.717) is 0 Å². The van der Waals surface area contributed by atoms with Crippen LogP contribution in [0.2, 0.25) is 0 Å². The van der Waals surface area contributed by atoms with Gasteiger partial charge in [-0.3, -0.25) is 4.98 Å². The molecular weight excluding hydrogens is 188 g/mol. The van der Waals surface area contributed by atoms with Crippen LogP contribution in [0, 0.1) is 0 Å². The van der Waals surface area contributed by atoms with Crippen LogP contribution in [0.1, 0.15) is 6.92 Å². The highest BCUT2D eigenvalue weighted by Crippen LogP contribution is 2.17. The molecule has 2 aromatic heterocycles. The van der Waals surface area contributed by atoms with E-state index in [9.17, 15) is 0 Å². The molecule has 2 rings (SSSR count). The van der Waals surface area contributed by atoms with Crippen molar-refractivity contribution in [2.75, 3.05) is 12.4 Å². The van der Waals surface area contributed by atoms with Crippen molar-refractivity contribution in [3.05, 3.63) is 30.7 Å². The molecule has 0 radical (unpaired) electrons. The summed E-state index contributed by atoms with van der Waals surface area (Å²) < 4.78 is 2.07. The van der Waals surface area contributed by atoms with Gasteiger partial charge in [0.05, 0.1) is 0 Å². The van der Waals surface area contributed by atoms with Crippen LogP contribution < -0.4 is 5.32 Å². The first kappa shape index (κ1) is 9.71. The number of aromatic nitrogens is 3. The Balaban J connectivity index is 2.44. The summed E-state index contributed by atoms with van der Waals surface area (Å²) in [4.78, 5) is 8.62. The second-order valence-corrected chi connectivity index (χ2v) is 3.22. The molecular formula is C11H14N4. The smallest absolute Gasteiger partial charge is 0.158 e. The van der Waals surface area contributed by atoms with Crippen molar-refractivity contribution in [1.82, 2.24) is 14.5 Å². The van der Waals surface area contributed by atoms with E-state index < -0.39 is 0 Å². The first-order valence-corrected chi connectivity index (χ1v) is 5.00. The number of rotatable bonds is 3. The largest absolute Gasteiger partial charge is 0.388 e. The van der Waals surface area contributed by atoms with Crippen LogP contribution in [0.3, 0.4) is 0 Å². The molecule has 0 saturated heterocycles. The van der Waals surface area contributed by atoms with E-state index >= 15 is 0 Å². The first-order chi connectivity index (χ1) is 7.35. The molecule has 0 spiro atoms. The average Bonchev–Trinajstić information content (AvgIpc) is 2.77. The number of hydrogen-bond acceptors (Lipinski definition) is 3.